The number of nitrogens with zero attached hydrogens (tertiary/aromatic N) is 1. The number of amides is 1. The first-order valence-electron chi connectivity index (χ1n) is 10.3. The van der Waals surface area contributed by atoms with E-state index in [0.717, 1.165) is 25.1 Å². The molecule has 0 bridgehead atoms. The van der Waals surface area contributed by atoms with Crippen LogP contribution in [0.5, 0.6) is 11.5 Å². The molecular formula is C23H27FN2O3. The van der Waals surface area contributed by atoms with Crippen molar-refractivity contribution >= 4 is 11.6 Å². The van der Waals surface area contributed by atoms with E-state index >= 15 is 0 Å². The van der Waals surface area contributed by atoms with Gasteiger partial charge in [0.05, 0.1) is 6.61 Å². The van der Waals surface area contributed by atoms with Gasteiger partial charge in [0.1, 0.15) is 23.9 Å². The molecule has 0 aromatic heterocycles. The number of para-hydroxylation sites is 1. The number of anilines is 1. The Kier molecular flexibility index (Phi) is 6.30. The first-order chi connectivity index (χ1) is 14.2. The summed E-state index contributed by atoms with van der Waals surface area (Å²) in [7, 11) is 0. The molecule has 2 aromatic carbocycles. The van der Waals surface area contributed by atoms with E-state index in [4.69, 9.17) is 9.47 Å². The van der Waals surface area contributed by atoms with Crippen LogP contribution in [0.15, 0.2) is 48.5 Å². The van der Waals surface area contributed by atoms with Crippen molar-refractivity contribution in [3.63, 3.8) is 0 Å². The number of piperidine rings is 1. The third-order valence-electron chi connectivity index (χ3n) is 5.27. The lowest BCUT2D eigenvalue weighted by molar-refractivity contribution is -0.126. The molecule has 4 rings (SSSR count). The highest BCUT2D eigenvalue weighted by Crippen LogP contribution is 2.30. The summed E-state index contributed by atoms with van der Waals surface area (Å²) in [4.78, 5) is 14.2. The highest BCUT2D eigenvalue weighted by molar-refractivity contribution is 5.77. The van der Waals surface area contributed by atoms with E-state index in [1.807, 2.05) is 36.4 Å². The molecule has 2 aliphatic rings. The molecule has 29 heavy (non-hydrogen) atoms. The molecule has 1 saturated heterocycles. The van der Waals surface area contributed by atoms with Gasteiger partial charge in [-0.15, -0.1) is 0 Å². The van der Waals surface area contributed by atoms with E-state index in [9.17, 15) is 9.18 Å². The van der Waals surface area contributed by atoms with E-state index in [1.165, 1.54) is 25.0 Å². The Morgan fingerprint density at radius 2 is 1.93 bits per heavy atom. The second-order valence-electron chi connectivity index (χ2n) is 7.87. The van der Waals surface area contributed by atoms with Crippen molar-refractivity contribution in [1.82, 2.24) is 5.32 Å². The Balaban J connectivity index is 1.35. The maximum absolute atomic E-state index is 14.2. The normalized spacial score (nSPS) is 19.1. The molecule has 1 amide bonds. The van der Waals surface area contributed by atoms with Crippen LogP contribution in [0.2, 0.25) is 0 Å². The third-order valence-corrected chi connectivity index (χ3v) is 5.27. The lowest BCUT2D eigenvalue weighted by atomic mass is 10.0. The van der Waals surface area contributed by atoms with Crippen molar-refractivity contribution in [2.24, 2.45) is 5.92 Å². The van der Waals surface area contributed by atoms with Crippen LogP contribution in [0.25, 0.3) is 0 Å². The predicted molar refractivity (Wildman–Crippen MR) is 110 cm³/mol. The molecule has 0 spiro atoms. The molecule has 0 unspecified atom stereocenters. The van der Waals surface area contributed by atoms with Gasteiger partial charge >= 0.3 is 0 Å². The number of ether oxygens (including phenoxy) is 2. The van der Waals surface area contributed by atoms with Gasteiger partial charge in [-0.25, -0.2) is 4.39 Å². The van der Waals surface area contributed by atoms with Gasteiger partial charge in [0.25, 0.3) is 0 Å². The second kappa shape index (κ2) is 9.27. The number of benzene rings is 2. The molecule has 1 N–H and O–H groups in total. The average Bonchev–Trinajstić information content (AvgIpc) is 3.53. The lowest BCUT2D eigenvalue weighted by Gasteiger charge is -2.35. The van der Waals surface area contributed by atoms with Crippen molar-refractivity contribution in [1.29, 1.82) is 0 Å². The zero-order valence-corrected chi connectivity index (χ0v) is 16.5. The molecule has 0 radical (unpaired) electrons. The summed E-state index contributed by atoms with van der Waals surface area (Å²) in [6, 6.07) is 14.1. The van der Waals surface area contributed by atoms with E-state index in [1.54, 1.807) is 0 Å². The monoisotopic (exact) mass is 398 g/mol. The molecule has 2 fully saturated rings. The summed E-state index contributed by atoms with van der Waals surface area (Å²) in [5, 5.41) is 3.05. The zero-order chi connectivity index (χ0) is 20.1. The van der Waals surface area contributed by atoms with Crippen LogP contribution in [0, 0.1) is 11.7 Å². The van der Waals surface area contributed by atoms with Crippen molar-refractivity contribution < 1.29 is 18.7 Å². The summed E-state index contributed by atoms with van der Waals surface area (Å²) >= 11 is 0. The first kappa shape index (κ1) is 19.7. The molecule has 1 atom stereocenters. The minimum Gasteiger partial charge on any atom is -0.457 e. The molecule has 1 aliphatic carbocycles. The quantitative estimate of drug-likeness (QED) is 0.727. The summed E-state index contributed by atoms with van der Waals surface area (Å²) in [6.07, 6.45) is 4.26. The molecule has 1 heterocycles. The van der Waals surface area contributed by atoms with Gasteiger partial charge in [0.15, 0.2) is 0 Å². The fraction of sp³-hybridized carbons (Fsp3) is 0.435. The Hall–Kier alpha value is -2.60. The van der Waals surface area contributed by atoms with Gasteiger partial charge in [-0.3, -0.25) is 4.79 Å². The number of hydrogen-bond donors (Lipinski definition) is 1. The van der Waals surface area contributed by atoms with E-state index in [2.05, 4.69) is 10.2 Å². The van der Waals surface area contributed by atoms with E-state index in [0.29, 0.717) is 30.6 Å². The molecule has 2 aromatic rings. The highest BCUT2D eigenvalue weighted by Gasteiger charge is 2.24. The van der Waals surface area contributed by atoms with Gasteiger partial charge in [-0.2, -0.15) is 0 Å². The number of nitrogens with one attached hydrogen (secondary N) is 1. The van der Waals surface area contributed by atoms with Crippen LogP contribution in [-0.4, -0.2) is 38.3 Å². The summed E-state index contributed by atoms with van der Waals surface area (Å²) < 4.78 is 25.5. The first-order valence-corrected chi connectivity index (χ1v) is 10.3. The third kappa shape index (κ3) is 5.94. The Labute approximate surface area is 170 Å². The predicted octanol–water partition coefficient (Wildman–Crippen LogP) is 4.13. The van der Waals surface area contributed by atoms with Crippen LogP contribution in [0.4, 0.5) is 10.1 Å². The minimum atomic E-state index is -0.340. The van der Waals surface area contributed by atoms with Gasteiger partial charge in [0, 0.05) is 37.0 Å². The van der Waals surface area contributed by atoms with Crippen LogP contribution < -0.4 is 15.0 Å². The van der Waals surface area contributed by atoms with Crippen LogP contribution >= 0.6 is 0 Å². The summed E-state index contributed by atoms with van der Waals surface area (Å²) in [5.74, 6) is 1.36. The SMILES string of the molecule is O=C(COCC1CC1)N[C@H]1CCCN(c2cc(F)cc(Oc3ccccc3)c2)C1. The number of carbonyl (C=O) groups excluding carboxylic acids is 1. The fourth-order valence-electron chi connectivity index (χ4n) is 3.62. The number of rotatable bonds is 8. The van der Waals surface area contributed by atoms with Gasteiger partial charge < -0.3 is 19.7 Å². The van der Waals surface area contributed by atoms with Gasteiger partial charge in [-0.1, -0.05) is 18.2 Å². The van der Waals surface area contributed by atoms with Crippen molar-refractivity contribution in [3.05, 3.63) is 54.3 Å². The number of halogens is 1. The maximum atomic E-state index is 14.2. The number of carbonyl (C=O) groups is 1. The summed E-state index contributed by atoms with van der Waals surface area (Å²) in [6.45, 7) is 2.25. The molecule has 1 aliphatic heterocycles. The molecular weight excluding hydrogens is 371 g/mol. The van der Waals surface area contributed by atoms with Crippen molar-refractivity contribution in [2.45, 2.75) is 31.7 Å². The lowest BCUT2D eigenvalue weighted by Crippen LogP contribution is -2.48. The Morgan fingerprint density at radius 1 is 1.10 bits per heavy atom. The Morgan fingerprint density at radius 3 is 2.72 bits per heavy atom. The van der Waals surface area contributed by atoms with Gasteiger partial charge in [0.2, 0.25) is 5.91 Å². The number of hydrogen-bond acceptors (Lipinski definition) is 4. The Bertz CT molecular complexity index is 826. The largest absolute Gasteiger partial charge is 0.457 e. The highest BCUT2D eigenvalue weighted by atomic mass is 19.1. The van der Waals surface area contributed by atoms with E-state index < -0.39 is 0 Å². The van der Waals surface area contributed by atoms with Crippen molar-refractivity contribution in [2.75, 3.05) is 31.2 Å². The molecule has 5 nitrogen and oxygen atoms in total. The minimum absolute atomic E-state index is 0.0301. The zero-order valence-electron chi connectivity index (χ0n) is 16.5. The topological polar surface area (TPSA) is 50.8 Å². The van der Waals surface area contributed by atoms with Crippen LogP contribution in [-0.2, 0) is 9.53 Å². The van der Waals surface area contributed by atoms with Crippen LogP contribution in [0.1, 0.15) is 25.7 Å². The van der Waals surface area contributed by atoms with Crippen molar-refractivity contribution in [3.8, 4) is 11.5 Å². The van der Waals surface area contributed by atoms with Crippen LogP contribution in [0.3, 0.4) is 0 Å². The molecule has 1 saturated carbocycles. The smallest absolute Gasteiger partial charge is 0.246 e. The maximum Gasteiger partial charge on any atom is 0.246 e. The summed E-state index contributed by atoms with van der Waals surface area (Å²) in [5.41, 5.74) is 0.764. The standard InChI is InChI=1S/C23H27FN2O3/c24-18-11-20(13-22(12-18)29-21-6-2-1-3-7-21)26-10-4-5-19(14-26)25-23(27)16-28-15-17-8-9-17/h1-3,6-7,11-13,17,19H,4-5,8-10,14-16H2,(H,25,27)/t19-/m0/s1. The van der Waals surface area contributed by atoms with Gasteiger partial charge in [-0.05, 0) is 49.8 Å². The van der Waals surface area contributed by atoms with E-state index in [-0.39, 0.29) is 24.4 Å². The molecule has 6 heteroatoms. The fourth-order valence-corrected chi connectivity index (χ4v) is 3.62. The average molecular weight is 398 g/mol. The molecule has 154 valence electrons. The second-order valence-corrected chi connectivity index (χ2v) is 7.87.